The Bertz CT molecular complexity index is 418. The summed E-state index contributed by atoms with van der Waals surface area (Å²) in [5.74, 6) is 1.45. The fraction of sp³-hybridized carbons (Fsp3) is 0.588. The number of piperidine rings is 1. The molecule has 2 atom stereocenters. The molecular weight excluding hydrogens is 248 g/mol. The predicted octanol–water partition coefficient (Wildman–Crippen LogP) is 2.77. The fourth-order valence-electron chi connectivity index (χ4n) is 3.22. The summed E-state index contributed by atoms with van der Waals surface area (Å²) < 4.78 is 0. The zero-order chi connectivity index (χ0) is 14.4. The molecule has 2 rings (SSSR count). The van der Waals surface area contributed by atoms with Gasteiger partial charge in [0.1, 0.15) is 0 Å². The van der Waals surface area contributed by atoms with Crippen molar-refractivity contribution < 1.29 is 4.79 Å². The normalized spacial score (nSPS) is 22.8. The Morgan fingerprint density at radius 2 is 2.10 bits per heavy atom. The van der Waals surface area contributed by atoms with Gasteiger partial charge in [-0.3, -0.25) is 4.79 Å². The van der Waals surface area contributed by atoms with Crippen LogP contribution in [0.15, 0.2) is 30.3 Å². The third-order valence-corrected chi connectivity index (χ3v) is 4.43. The Kier molecular flexibility index (Phi) is 5.60. The standard InChI is InChI=1S/C17H26N2O/c1-2-14-13-19(17(20)9-6-11-18)12-10-16(14)15-7-4-3-5-8-15/h3-5,7-8,14,16H,2,6,9-13,18H2,1H3. The van der Waals surface area contributed by atoms with Crippen LogP contribution in [0.25, 0.3) is 0 Å². The predicted molar refractivity (Wildman–Crippen MR) is 82.4 cm³/mol. The maximum absolute atomic E-state index is 12.1. The van der Waals surface area contributed by atoms with Gasteiger partial charge < -0.3 is 10.6 Å². The minimum Gasteiger partial charge on any atom is -0.342 e. The molecule has 1 heterocycles. The third kappa shape index (κ3) is 3.60. The number of hydrogen-bond acceptors (Lipinski definition) is 2. The van der Waals surface area contributed by atoms with Gasteiger partial charge >= 0.3 is 0 Å². The second kappa shape index (κ2) is 7.44. The Morgan fingerprint density at radius 1 is 1.35 bits per heavy atom. The SMILES string of the molecule is CCC1CN(C(=O)CCCN)CCC1c1ccccc1. The van der Waals surface area contributed by atoms with Gasteiger partial charge in [-0.15, -0.1) is 0 Å². The second-order valence-electron chi connectivity index (χ2n) is 5.71. The first-order valence-corrected chi connectivity index (χ1v) is 7.79. The molecule has 1 saturated heterocycles. The van der Waals surface area contributed by atoms with E-state index in [1.165, 1.54) is 5.56 Å². The summed E-state index contributed by atoms with van der Waals surface area (Å²) in [6, 6.07) is 10.7. The van der Waals surface area contributed by atoms with Crippen molar-refractivity contribution in [2.75, 3.05) is 19.6 Å². The van der Waals surface area contributed by atoms with Gasteiger partial charge in [0.05, 0.1) is 0 Å². The fourth-order valence-corrected chi connectivity index (χ4v) is 3.22. The first kappa shape index (κ1) is 15.0. The van der Waals surface area contributed by atoms with Gasteiger partial charge in [0.2, 0.25) is 5.91 Å². The molecule has 1 aliphatic heterocycles. The molecule has 1 aromatic carbocycles. The van der Waals surface area contributed by atoms with Crippen molar-refractivity contribution >= 4 is 5.91 Å². The summed E-state index contributed by atoms with van der Waals surface area (Å²) in [6.45, 7) is 4.62. The summed E-state index contributed by atoms with van der Waals surface area (Å²) in [6.07, 6.45) is 3.61. The van der Waals surface area contributed by atoms with E-state index >= 15 is 0 Å². The highest BCUT2D eigenvalue weighted by Crippen LogP contribution is 2.34. The molecule has 0 aromatic heterocycles. The minimum absolute atomic E-state index is 0.278. The van der Waals surface area contributed by atoms with Crippen LogP contribution in [0.3, 0.4) is 0 Å². The third-order valence-electron chi connectivity index (χ3n) is 4.43. The highest BCUT2D eigenvalue weighted by Gasteiger charge is 2.30. The molecule has 1 amide bonds. The number of rotatable bonds is 5. The van der Waals surface area contributed by atoms with Crippen molar-refractivity contribution in [3.05, 3.63) is 35.9 Å². The molecule has 0 bridgehead atoms. The van der Waals surface area contributed by atoms with Crippen molar-refractivity contribution in [2.45, 2.75) is 38.5 Å². The van der Waals surface area contributed by atoms with E-state index in [4.69, 9.17) is 5.73 Å². The molecule has 0 saturated carbocycles. The average molecular weight is 274 g/mol. The lowest BCUT2D eigenvalue weighted by molar-refractivity contribution is -0.133. The first-order chi connectivity index (χ1) is 9.76. The molecule has 3 nitrogen and oxygen atoms in total. The molecule has 0 radical (unpaired) electrons. The highest BCUT2D eigenvalue weighted by atomic mass is 16.2. The minimum atomic E-state index is 0.278. The van der Waals surface area contributed by atoms with Crippen molar-refractivity contribution in [3.8, 4) is 0 Å². The number of likely N-dealkylation sites (tertiary alicyclic amines) is 1. The number of amides is 1. The van der Waals surface area contributed by atoms with Crippen LogP contribution in [0.5, 0.6) is 0 Å². The summed E-state index contributed by atoms with van der Waals surface area (Å²) in [5, 5.41) is 0. The Balaban J connectivity index is 1.99. The van der Waals surface area contributed by atoms with E-state index in [0.717, 1.165) is 32.4 Å². The van der Waals surface area contributed by atoms with Crippen LogP contribution >= 0.6 is 0 Å². The van der Waals surface area contributed by atoms with Crippen LogP contribution in [-0.4, -0.2) is 30.4 Å². The molecule has 0 spiro atoms. The monoisotopic (exact) mass is 274 g/mol. The van der Waals surface area contributed by atoms with Gasteiger partial charge in [-0.1, -0.05) is 43.7 Å². The lowest BCUT2D eigenvalue weighted by atomic mass is 9.79. The van der Waals surface area contributed by atoms with Crippen LogP contribution in [0.4, 0.5) is 0 Å². The zero-order valence-electron chi connectivity index (χ0n) is 12.4. The number of carbonyl (C=O) groups is 1. The first-order valence-electron chi connectivity index (χ1n) is 7.79. The molecule has 20 heavy (non-hydrogen) atoms. The maximum atomic E-state index is 12.1. The van der Waals surface area contributed by atoms with Crippen LogP contribution in [0.2, 0.25) is 0 Å². The molecule has 1 aliphatic rings. The molecule has 1 aromatic rings. The maximum Gasteiger partial charge on any atom is 0.222 e. The van der Waals surface area contributed by atoms with E-state index in [-0.39, 0.29) is 5.91 Å². The van der Waals surface area contributed by atoms with E-state index in [2.05, 4.69) is 37.3 Å². The van der Waals surface area contributed by atoms with Gasteiger partial charge in [0, 0.05) is 19.5 Å². The van der Waals surface area contributed by atoms with Crippen molar-refractivity contribution in [1.29, 1.82) is 0 Å². The van der Waals surface area contributed by atoms with E-state index in [9.17, 15) is 4.79 Å². The molecule has 1 fully saturated rings. The van der Waals surface area contributed by atoms with Gasteiger partial charge in [0.15, 0.2) is 0 Å². The molecule has 2 N–H and O–H groups in total. The van der Waals surface area contributed by atoms with Crippen LogP contribution in [0.1, 0.15) is 44.1 Å². The van der Waals surface area contributed by atoms with Crippen molar-refractivity contribution in [1.82, 2.24) is 4.90 Å². The Morgan fingerprint density at radius 3 is 2.75 bits per heavy atom. The van der Waals surface area contributed by atoms with Crippen molar-refractivity contribution in [3.63, 3.8) is 0 Å². The summed E-state index contributed by atoms with van der Waals surface area (Å²) >= 11 is 0. The Hall–Kier alpha value is -1.35. The molecule has 3 heteroatoms. The molecule has 0 aliphatic carbocycles. The van der Waals surface area contributed by atoms with Gasteiger partial charge in [-0.2, -0.15) is 0 Å². The lowest BCUT2D eigenvalue weighted by Gasteiger charge is -2.38. The molecule has 2 unspecified atom stereocenters. The van der Waals surface area contributed by atoms with E-state index in [1.54, 1.807) is 0 Å². The summed E-state index contributed by atoms with van der Waals surface area (Å²) in [7, 11) is 0. The largest absolute Gasteiger partial charge is 0.342 e. The zero-order valence-corrected chi connectivity index (χ0v) is 12.4. The van der Waals surface area contributed by atoms with Crippen molar-refractivity contribution in [2.24, 2.45) is 11.7 Å². The summed E-state index contributed by atoms with van der Waals surface area (Å²) in [4.78, 5) is 14.2. The van der Waals surface area contributed by atoms with Gasteiger partial charge in [-0.25, -0.2) is 0 Å². The Labute approximate surface area is 122 Å². The summed E-state index contributed by atoms with van der Waals surface area (Å²) in [5.41, 5.74) is 6.91. The highest BCUT2D eigenvalue weighted by molar-refractivity contribution is 5.76. The van der Waals surface area contributed by atoms with Gasteiger partial charge in [0.25, 0.3) is 0 Å². The smallest absolute Gasteiger partial charge is 0.222 e. The van der Waals surface area contributed by atoms with Crippen LogP contribution in [-0.2, 0) is 4.79 Å². The van der Waals surface area contributed by atoms with E-state index in [0.29, 0.717) is 24.8 Å². The average Bonchev–Trinajstić information content (AvgIpc) is 2.52. The number of benzene rings is 1. The molecule has 110 valence electrons. The topological polar surface area (TPSA) is 46.3 Å². The van der Waals surface area contributed by atoms with Crippen LogP contribution in [0, 0.1) is 5.92 Å². The number of carbonyl (C=O) groups excluding carboxylic acids is 1. The quantitative estimate of drug-likeness (QED) is 0.897. The van der Waals surface area contributed by atoms with E-state index in [1.807, 2.05) is 4.90 Å². The lowest BCUT2D eigenvalue weighted by Crippen LogP contribution is -2.43. The van der Waals surface area contributed by atoms with Gasteiger partial charge in [-0.05, 0) is 36.8 Å². The number of hydrogen-bond donors (Lipinski definition) is 1. The second-order valence-corrected chi connectivity index (χ2v) is 5.71. The number of nitrogens with two attached hydrogens (primary N) is 1. The molecular formula is C17H26N2O. The van der Waals surface area contributed by atoms with Crippen LogP contribution < -0.4 is 5.73 Å². The van der Waals surface area contributed by atoms with E-state index < -0.39 is 0 Å². The number of nitrogens with zero attached hydrogens (tertiary/aromatic N) is 1.